The van der Waals surface area contributed by atoms with Crippen molar-refractivity contribution in [2.75, 3.05) is 5.43 Å². The minimum atomic E-state index is -1.22. The van der Waals surface area contributed by atoms with Crippen molar-refractivity contribution in [2.45, 2.75) is 0 Å². The minimum absolute atomic E-state index is 0.136. The highest BCUT2D eigenvalue weighted by atomic mass is 35.5. The Bertz CT molecular complexity index is 1120. The van der Waals surface area contributed by atoms with Crippen molar-refractivity contribution in [2.24, 2.45) is 12.1 Å². The van der Waals surface area contributed by atoms with Crippen LogP contribution in [-0.2, 0) is 11.8 Å². The number of anilines is 1. The Kier molecular flexibility index (Phi) is 5.33. The number of rotatable bonds is 5. The van der Waals surface area contributed by atoms with Crippen LogP contribution in [0.15, 0.2) is 64.5 Å². The van der Waals surface area contributed by atoms with Crippen LogP contribution in [0.3, 0.4) is 0 Å². The number of halogens is 1. The number of aromatic nitrogens is 2. The molecule has 0 aliphatic heterocycles. The third kappa shape index (κ3) is 4.21. The van der Waals surface area contributed by atoms with E-state index in [4.69, 9.17) is 11.6 Å². The van der Waals surface area contributed by atoms with E-state index in [1.165, 1.54) is 17.7 Å². The quantitative estimate of drug-likeness (QED) is 0.522. The molecule has 0 unspecified atom stereocenters. The minimum Gasteiger partial charge on any atom is -0.476 e. The van der Waals surface area contributed by atoms with E-state index in [1.807, 2.05) is 0 Å². The third-order valence-electron chi connectivity index (χ3n) is 3.78. The molecule has 3 aromatic rings. The van der Waals surface area contributed by atoms with Gasteiger partial charge in [0, 0.05) is 12.1 Å². The fourth-order valence-electron chi connectivity index (χ4n) is 2.33. The highest BCUT2D eigenvalue weighted by Crippen LogP contribution is 2.12. The lowest BCUT2D eigenvalue weighted by atomic mass is 10.2. The number of nitrogens with zero attached hydrogens (tertiary/aromatic N) is 3. The molecule has 0 spiro atoms. The first kappa shape index (κ1) is 18.3. The molecule has 1 heterocycles. The summed E-state index contributed by atoms with van der Waals surface area (Å²) in [6, 6.07) is 13.8. The van der Waals surface area contributed by atoms with Crippen LogP contribution < -0.4 is 11.0 Å². The SMILES string of the molecule is Cn1c(N/N=C(/C=C/c2ccc(Cl)cc2)C(=O)O)nc2ccccc2c1=O. The fraction of sp³-hybridized carbons (Fsp3) is 0.0526. The normalized spacial score (nSPS) is 11.9. The zero-order valence-corrected chi connectivity index (χ0v) is 15.0. The average molecular weight is 383 g/mol. The second-order valence-corrected chi connectivity index (χ2v) is 6.05. The molecule has 0 bridgehead atoms. The number of nitrogens with one attached hydrogen (secondary N) is 1. The average Bonchev–Trinajstić information content (AvgIpc) is 2.66. The molecule has 0 amide bonds. The molecule has 8 heteroatoms. The summed E-state index contributed by atoms with van der Waals surface area (Å²) in [6.07, 6.45) is 2.94. The Labute approximate surface area is 159 Å². The fourth-order valence-corrected chi connectivity index (χ4v) is 2.46. The largest absolute Gasteiger partial charge is 0.476 e. The highest BCUT2D eigenvalue weighted by molar-refractivity contribution is 6.41. The van der Waals surface area contributed by atoms with Crippen LogP contribution in [0.4, 0.5) is 5.95 Å². The number of hydrogen-bond acceptors (Lipinski definition) is 5. The highest BCUT2D eigenvalue weighted by Gasteiger charge is 2.09. The first-order valence-electron chi connectivity index (χ1n) is 7.92. The van der Waals surface area contributed by atoms with Crippen LogP contribution in [0, 0.1) is 0 Å². The Balaban J connectivity index is 1.90. The molecule has 0 saturated carbocycles. The molecule has 0 aliphatic carbocycles. The van der Waals surface area contributed by atoms with E-state index in [1.54, 1.807) is 54.6 Å². The standard InChI is InChI=1S/C19H15ClN4O3/c1-24-17(25)14-4-2-3-5-15(14)21-19(24)23-22-16(18(26)27)11-8-12-6-9-13(20)10-7-12/h2-11H,1H3,(H,21,23)(H,26,27)/b11-8+,22-16-. The first-order valence-corrected chi connectivity index (χ1v) is 8.30. The van der Waals surface area contributed by atoms with Crippen molar-refractivity contribution in [3.8, 4) is 0 Å². The van der Waals surface area contributed by atoms with Gasteiger partial charge in [0.1, 0.15) is 0 Å². The number of aliphatic carboxylic acids is 1. The summed E-state index contributed by atoms with van der Waals surface area (Å²) < 4.78 is 1.27. The maximum atomic E-state index is 12.4. The molecule has 0 saturated heterocycles. The second kappa shape index (κ2) is 7.84. The monoisotopic (exact) mass is 382 g/mol. The number of carbonyl (C=O) groups is 1. The van der Waals surface area contributed by atoms with Crippen LogP contribution in [0.2, 0.25) is 5.02 Å². The van der Waals surface area contributed by atoms with Gasteiger partial charge in [-0.25, -0.2) is 15.2 Å². The Hall–Kier alpha value is -3.45. The van der Waals surface area contributed by atoms with Gasteiger partial charge in [0.05, 0.1) is 10.9 Å². The van der Waals surface area contributed by atoms with E-state index in [2.05, 4.69) is 15.5 Å². The summed E-state index contributed by atoms with van der Waals surface area (Å²) in [5.74, 6) is -1.09. The van der Waals surface area contributed by atoms with Crippen molar-refractivity contribution in [3.63, 3.8) is 0 Å². The summed E-state index contributed by atoms with van der Waals surface area (Å²) >= 11 is 5.82. The molecular weight excluding hydrogens is 368 g/mol. The number of hydrogen-bond donors (Lipinski definition) is 2. The lowest BCUT2D eigenvalue weighted by Gasteiger charge is -2.08. The van der Waals surface area contributed by atoms with Crippen molar-refractivity contribution >= 4 is 46.2 Å². The molecule has 1 aromatic heterocycles. The van der Waals surface area contributed by atoms with E-state index in [0.717, 1.165) is 5.56 Å². The van der Waals surface area contributed by atoms with E-state index < -0.39 is 5.97 Å². The molecular formula is C19H15ClN4O3. The predicted molar refractivity (Wildman–Crippen MR) is 106 cm³/mol. The third-order valence-corrected chi connectivity index (χ3v) is 4.03. The molecule has 3 rings (SSSR count). The second-order valence-electron chi connectivity index (χ2n) is 5.62. The molecule has 0 fully saturated rings. The Morgan fingerprint density at radius 3 is 2.63 bits per heavy atom. The Morgan fingerprint density at radius 1 is 1.22 bits per heavy atom. The summed E-state index contributed by atoms with van der Waals surface area (Å²) in [5.41, 5.74) is 3.32. The maximum Gasteiger partial charge on any atom is 0.356 e. The van der Waals surface area contributed by atoms with Crippen LogP contribution >= 0.6 is 11.6 Å². The van der Waals surface area contributed by atoms with E-state index in [0.29, 0.717) is 15.9 Å². The van der Waals surface area contributed by atoms with Gasteiger partial charge in [0.15, 0.2) is 5.71 Å². The van der Waals surface area contributed by atoms with E-state index >= 15 is 0 Å². The lowest BCUT2D eigenvalue weighted by molar-refractivity contribution is -0.129. The first-order chi connectivity index (χ1) is 13.0. The van der Waals surface area contributed by atoms with Crippen molar-refractivity contribution in [1.29, 1.82) is 0 Å². The van der Waals surface area contributed by atoms with Gasteiger partial charge in [-0.3, -0.25) is 9.36 Å². The molecule has 0 aliphatic rings. The zero-order chi connectivity index (χ0) is 19.4. The number of para-hydroxylation sites is 1. The van der Waals surface area contributed by atoms with Gasteiger partial charge in [-0.05, 0) is 35.9 Å². The molecule has 7 nitrogen and oxygen atoms in total. The van der Waals surface area contributed by atoms with Gasteiger partial charge in [-0.1, -0.05) is 41.9 Å². The van der Waals surface area contributed by atoms with Gasteiger partial charge >= 0.3 is 5.97 Å². The summed E-state index contributed by atoms with van der Waals surface area (Å²) in [7, 11) is 1.53. The maximum absolute atomic E-state index is 12.4. The van der Waals surface area contributed by atoms with Crippen molar-refractivity contribution in [3.05, 3.63) is 75.5 Å². The number of carboxylic acids is 1. The van der Waals surface area contributed by atoms with Gasteiger partial charge in [0.25, 0.3) is 5.56 Å². The number of benzene rings is 2. The van der Waals surface area contributed by atoms with Gasteiger partial charge < -0.3 is 5.11 Å². The lowest BCUT2D eigenvalue weighted by Crippen LogP contribution is -2.22. The van der Waals surface area contributed by atoms with Crippen LogP contribution in [0.5, 0.6) is 0 Å². The topological polar surface area (TPSA) is 96.6 Å². The Morgan fingerprint density at radius 2 is 1.93 bits per heavy atom. The number of carboxylic acid groups (broad SMARTS) is 1. The van der Waals surface area contributed by atoms with E-state index in [9.17, 15) is 14.7 Å². The summed E-state index contributed by atoms with van der Waals surface area (Å²) in [6.45, 7) is 0. The predicted octanol–water partition coefficient (Wildman–Crippen LogP) is 3.15. The molecule has 27 heavy (non-hydrogen) atoms. The number of fused-ring (bicyclic) bond motifs is 1. The van der Waals surface area contributed by atoms with E-state index in [-0.39, 0.29) is 17.2 Å². The smallest absolute Gasteiger partial charge is 0.356 e. The number of hydrazone groups is 1. The van der Waals surface area contributed by atoms with Crippen molar-refractivity contribution in [1.82, 2.24) is 9.55 Å². The zero-order valence-electron chi connectivity index (χ0n) is 14.3. The molecule has 0 atom stereocenters. The molecule has 0 radical (unpaired) electrons. The van der Waals surface area contributed by atoms with Gasteiger partial charge in [-0.2, -0.15) is 5.10 Å². The molecule has 2 N–H and O–H groups in total. The van der Waals surface area contributed by atoms with Crippen LogP contribution in [0.25, 0.3) is 17.0 Å². The summed E-state index contributed by atoms with van der Waals surface area (Å²) in [4.78, 5) is 28.1. The van der Waals surface area contributed by atoms with Gasteiger partial charge in [0.2, 0.25) is 5.95 Å². The van der Waals surface area contributed by atoms with Crippen molar-refractivity contribution < 1.29 is 9.90 Å². The van der Waals surface area contributed by atoms with Gasteiger partial charge in [-0.15, -0.1) is 0 Å². The summed E-state index contributed by atoms with van der Waals surface area (Å²) in [5, 5.41) is 14.3. The molecule has 2 aromatic carbocycles. The molecule has 136 valence electrons. The van der Waals surface area contributed by atoms with Crippen LogP contribution in [-0.4, -0.2) is 26.3 Å². The van der Waals surface area contributed by atoms with Crippen LogP contribution in [0.1, 0.15) is 5.56 Å².